The topological polar surface area (TPSA) is 58.5 Å². The van der Waals surface area contributed by atoms with E-state index in [1.54, 1.807) is 11.3 Å². The Balaban J connectivity index is 0.981. The third-order valence-corrected chi connectivity index (χ3v) is 12.9. The number of hydrogen-bond donors (Lipinski definition) is 0. The van der Waals surface area contributed by atoms with E-state index >= 15 is 0 Å². The minimum atomic E-state index is 0.808. The fraction of sp³-hybridized carbons (Fsp3) is 0. The van der Waals surface area contributed by atoms with E-state index in [1.165, 1.54) is 0 Å². The summed E-state index contributed by atoms with van der Waals surface area (Å²) in [7, 11) is 0. The molecule has 286 valence electrons. The van der Waals surface area contributed by atoms with E-state index in [-0.39, 0.29) is 0 Å². The Bertz CT molecular complexity index is 3620. The van der Waals surface area contributed by atoms with E-state index in [0.717, 1.165) is 120 Å². The molecule has 0 spiro atoms. The molecule has 61 heavy (non-hydrogen) atoms. The number of fused-ring (bicyclic) bond motifs is 11. The number of para-hydroxylation sites is 2. The van der Waals surface area contributed by atoms with E-state index in [1.807, 2.05) is 30.5 Å². The van der Waals surface area contributed by atoms with Gasteiger partial charge in [0, 0.05) is 55.5 Å². The lowest BCUT2D eigenvalue weighted by Crippen LogP contribution is -2.12. The van der Waals surface area contributed by atoms with Crippen molar-refractivity contribution in [1.29, 1.82) is 0 Å². The summed E-state index contributed by atoms with van der Waals surface area (Å²) in [4.78, 5) is 16.1. The first-order chi connectivity index (χ1) is 30.2. The maximum absolute atomic E-state index is 6.41. The first-order valence-electron chi connectivity index (χ1n) is 20.3. The largest absolute Gasteiger partial charge is 0.456 e. The van der Waals surface area contributed by atoms with Gasteiger partial charge >= 0.3 is 0 Å². The molecule has 0 radical (unpaired) electrons. The van der Waals surface area contributed by atoms with Crippen molar-refractivity contribution in [2.24, 2.45) is 0 Å². The van der Waals surface area contributed by atoms with Crippen molar-refractivity contribution in [1.82, 2.24) is 9.97 Å². The molecule has 13 rings (SSSR count). The molecule has 5 heterocycles. The third kappa shape index (κ3) is 5.34. The molecule has 0 N–H and O–H groups in total. The molecular formula is C54H32N4O2S. The second-order valence-electron chi connectivity index (χ2n) is 15.4. The molecule has 5 aromatic heterocycles. The van der Waals surface area contributed by atoms with Gasteiger partial charge < -0.3 is 13.7 Å². The van der Waals surface area contributed by atoms with Crippen LogP contribution in [-0.2, 0) is 0 Å². The highest BCUT2D eigenvalue weighted by molar-refractivity contribution is 7.25. The Hall–Kier alpha value is -8.00. The van der Waals surface area contributed by atoms with Crippen molar-refractivity contribution in [2.75, 3.05) is 9.80 Å². The predicted molar refractivity (Wildman–Crippen MR) is 254 cm³/mol. The molecular weight excluding hydrogens is 769 g/mol. The summed E-state index contributed by atoms with van der Waals surface area (Å²) in [5, 5.41) is 10.0. The fourth-order valence-electron chi connectivity index (χ4n) is 9.09. The molecule has 0 saturated carbocycles. The van der Waals surface area contributed by atoms with Gasteiger partial charge in [0.2, 0.25) is 0 Å². The maximum atomic E-state index is 6.41. The van der Waals surface area contributed by atoms with Crippen LogP contribution in [-0.4, -0.2) is 9.97 Å². The molecule has 0 atom stereocenters. The van der Waals surface area contributed by atoms with Crippen molar-refractivity contribution < 1.29 is 8.83 Å². The van der Waals surface area contributed by atoms with Gasteiger partial charge in [0.1, 0.15) is 33.0 Å². The summed E-state index contributed by atoms with van der Waals surface area (Å²) in [6.45, 7) is 0. The number of nitrogens with zero attached hydrogens (tertiary/aromatic N) is 4. The highest BCUT2D eigenvalue weighted by atomic mass is 32.1. The Kier molecular flexibility index (Phi) is 7.37. The SMILES string of the molecule is c1ccc2c(N(c3ccc4c(c3)oc3ccccc34)c3cnc4c(c3)sc3nc(N(c5ccc6c(c5)oc5ccccc56)c5cccc6ccccc56)ccc34)cccc2c1. The van der Waals surface area contributed by atoms with Crippen LogP contribution in [0.2, 0.25) is 0 Å². The number of pyridine rings is 2. The molecule has 0 unspecified atom stereocenters. The predicted octanol–water partition coefficient (Wildman–Crippen LogP) is 15.9. The highest BCUT2D eigenvalue weighted by Gasteiger charge is 2.22. The Morgan fingerprint density at radius 2 is 0.902 bits per heavy atom. The van der Waals surface area contributed by atoms with E-state index in [0.29, 0.717) is 0 Å². The standard InChI is InChI=1S/C54H32N4O2S/c1-3-15-38-33(11-1)13-9-19-45(38)57(35-23-25-42-40-17-5-7-21-47(40)59-49(42)29-35)37-31-51-53(55-32-37)44-27-28-52(56-54(44)61-51)58(46-20-10-14-34-12-2-4-16-39(34)46)36-24-26-43-41-18-6-8-22-48(41)60-50(43)30-36/h1-32H. The smallest absolute Gasteiger partial charge is 0.139 e. The van der Waals surface area contributed by atoms with Crippen molar-refractivity contribution in [3.63, 3.8) is 0 Å². The second-order valence-corrected chi connectivity index (χ2v) is 16.4. The van der Waals surface area contributed by atoms with Crippen molar-refractivity contribution in [3.05, 3.63) is 194 Å². The van der Waals surface area contributed by atoms with Crippen LogP contribution in [0.15, 0.2) is 203 Å². The number of benzene rings is 8. The third-order valence-electron chi connectivity index (χ3n) is 11.9. The van der Waals surface area contributed by atoms with Crippen molar-refractivity contribution >= 4 is 131 Å². The van der Waals surface area contributed by atoms with Gasteiger partial charge in [0.15, 0.2) is 0 Å². The van der Waals surface area contributed by atoms with Gasteiger partial charge in [0.05, 0.1) is 39.2 Å². The van der Waals surface area contributed by atoms with E-state index < -0.39 is 0 Å². The first kappa shape index (κ1) is 33.9. The van der Waals surface area contributed by atoms with Crippen LogP contribution in [0.3, 0.4) is 0 Å². The van der Waals surface area contributed by atoms with Crippen LogP contribution >= 0.6 is 11.3 Å². The average Bonchev–Trinajstić information content (AvgIpc) is 3.99. The van der Waals surface area contributed by atoms with Gasteiger partial charge in [-0.1, -0.05) is 109 Å². The van der Waals surface area contributed by atoms with Gasteiger partial charge in [-0.25, -0.2) is 4.98 Å². The second kappa shape index (κ2) is 13.3. The molecule has 13 aromatic rings. The Morgan fingerprint density at radius 3 is 1.54 bits per heavy atom. The Labute approximate surface area is 352 Å². The lowest BCUT2D eigenvalue weighted by atomic mass is 10.1. The van der Waals surface area contributed by atoms with Gasteiger partial charge in [-0.3, -0.25) is 9.88 Å². The van der Waals surface area contributed by atoms with Gasteiger partial charge in [0.25, 0.3) is 0 Å². The van der Waals surface area contributed by atoms with Crippen LogP contribution in [0, 0.1) is 0 Å². The zero-order chi connectivity index (χ0) is 40.0. The summed E-state index contributed by atoms with van der Waals surface area (Å²) in [6.07, 6.45) is 1.98. The molecule has 0 bridgehead atoms. The normalized spacial score (nSPS) is 11.9. The molecule has 0 amide bonds. The lowest BCUT2D eigenvalue weighted by molar-refractivity contribution is 0.668. The average molecular weight is 801 g/mol. The van der Waals surface area contributed by atoms with E-state index in [9.17, 15) is 0 Å². The van der Waals surface area contributed by atoms with Gasteiger partial charge in [-0.15, -0.1) is 11.3 Å². The number of thiophene rings is 1. The quantitative estimate of drug-likeness (QED) is 0.167. The van der Waals surface area contributed by atoms with Crippen molar-refractivity contribution in [3.8, 4) is 0 Å². The van der Waals surface area contributed by atoms with Gasteiger partial charge in [-0.2, -0.15) is 0 Å². The maximum Gasteiger partial charge on any atom is 0.139 e. The summed E-state index contributed by atoms with van der Waals surface area (Å²) in [6, 6.07) is 65.8. The molecule has 6 nitrogen and oxygen atoms in total. The molecule has 0 aliphatic heterocycles. The summed E-state index contributed by atoms with van der Waals surface area (Å²) >= 11 is 1.66. The van der Waals surface area contributed by atoms with Crippen LogP contribution in [0.5, 0.6) is 0 Å². The number of aromatic nitrogens is 2. The van der Waals surface area contributed by atoms with Gasteiger partial charge in [-0.05, 0) is 77.5 Å². The van der Waals surface area contributed by atoms with Crippen LogP contribution < -0.4 is 9.80 Å². The zero-order valence-corrected chi connectivity index (χ0v) is 33.3. The summed E-state index contributed by atoms with van der Waals surface area (Å²) in [5.74, 6) is 0.808. The highest BCUT2D eigenvalue weighted by Crippen LogP contribution is 2.45. The molecule has 0 aliphatic rings. The molecule has 0 aliphatic carbocycles. The monoisotopic (exact) mass is 800 g/mol. The van der Waals surface area contributed by atoms with E-state index in [4.69, 9.17) is 18.8 Å². The van der Waals surface area contributed by atoms with Crippen LogP contribution in [0.1, 0.15) is 0 Å². The molecule has 0 fully saturated rings. The number of furan rings is 2. The summed E-state index contributed by atoms with van der Waals surface area (Å²) < 4.78 is 13.9. The summed E-state index contributed by atoms with van der Waals surface area (Å²) in [5.41, 5.74) is 9.33. The minimum Gasteiger partial charge on any atom is -0.456 e. The molecule has 0 saturated heterocycles. The molecule has 7 heteroatoms. The number of hydrogen-bond acceptors (Lipinski definition) is 7. The fourth-order valence-corrected chi connectivity index (χ4v) is 10.2. The van der Waals surface area contributed by atoms with Crippen LogP contribution in [0.25, 0.3) is 85.9 Å². The lowest BCUT2D eigenvalue weighted by Gasteiger charge is -2.26. The molecule has 8 aromatic carbocycles. The zero-order valence-electron chi connectivity index (χ0n) is 32.5. The van der Waals surface area contributed by atoms with Crippen LogP contribution in [0.4, 0.5) is 34.3 Å². The Morgan fingerprint density at radius 1 is 0.393 bits per heavy atom. The minimum absolute atomic E-state index is 0.808. The number of rotatable bonds is 6. The van der Waals surface area contributed by atoms with Crippen molar-refractivity contribution in [2.45, 2.75) is 0 Å². The first-order valence-corrected chi connectivity index (χ1v) is 21.1. The van der Waals surface area contributed by atoms with E-state index in [2.05, 4.69) is 174 Å². The number of anilines is 6.